The molecule has 0 atom stereocenters. The van der Waals surface area contributed by atoms with Crippen LogP contribution in [0.2, 0.25) is 0 Å². The third kappa shape index (κ3) is 2.64. The third-order valence-corrected chi connectivity index (χ3v) is 4.36. The maximum absolute atomic E-state index is 12.5. The Morgan fingerprint density at radius 3 is 2.78 bits per heavy atom. The van der Waals surface area contributed by atoms with Crippen molar-refractivity contribution in [1.82, 2.24) is 15.1 Å². The van der Waals surface area contributed by atoms with Gasteiger partial charge in [0.1, 0.15) is 5.78 Å². The molecule has 0 unspecified atom stereocenters. The highest BCUT2D eigenvalue weighted by Crippen LogP contribution is 2.34. The van der Waals surface area contributed by atoms with E-state index in [9.17, 15) is 4.79 Å². The number of nitrogens with zero attached hydrogens (tertiary/aromatic N) is 2. The first kappa shape index (κ1) is 13.3. The zero-order valence-electron chi connectivity index (χ0n) is 11.4. The van der Waals surface area contributed by atoms with Crippen molar-refractivity contribution in [1.29, 1.82) is 0 Å². The predicted octanol–water partition coefficient (Wildman–Crippen LogP) is 1.70. The summed E-state index contributed by atoms with van der Waals surface area (Å²) in [6.45, 7) is 4.10. The predicted molar refractivity (Wildman–Crippen MR) is 71.4 cm³/mol. The van der Waals surface area contributed by atoms with Crippen LogP contribution in [0.1, 0.15) is 38.3 Å². The molecule has 2 rings (SSSR count). The summed E-state index contributed by atoms with van der Waals surface area (Å²) in [5, 5.41) is 7.48. The lowest BCUT2D eigenvalue weighted by Gasteiger charge is -2.35. The molecule has 4 nitrogen and oxygen atoms in total. The maximum atomic E-state index is 12.5. The van der Waals surface area contributed by atoms with Crippen molar-refractivity contribution in [3.8, 4) is 0 Å². The summed E-state index contributed by atoms with van der Waals surface area (Å²) in [6.07, 6.45) is 6.21. The smallest absolute Gasteiger partial charge is 0.139 e. The Hall–Kier alpha value is -1.16. The van der Waals surface area contributed by atoms with Gasteiger partial charge >= 0.3 is 0 Å². The molecule has 1 fully saturated rings. The van der Waals surface area contributed by atoms with E-state index in [2.05, 4.69) is 17.3 Å². The van der Waals surface area contributed by atoms with Crippen LogP contribution in [-0.4, -0.2) is 28.7 Å². The molecule has 0 bridgehead atoms. The minimum absolute atomic E-state index is 0.0656. The zero-order valence-corrected chi connectivity index (χ0v) is 11.4. The van der Waals surface area contributed by atoms with Gasteiger partial charge in [-0.1, -0.05) is 6.92 Å². The molecule has 0 amide bonds. The number of hydrogen-bond acceptors (Lipinski definition) is 3. The van der Waals surface area contributed by atoms with Crippen LogP contribution in [0.25, 0.3) is 0 Å². The Morgan fingerprint density at radius 1 is 1.50 bits per heavy atom. The average molecular weight is 249 g/mol. The molecule has 1 saturated heterocycles. The molecule has 1 aliphatic heterocycles. The van der Waals surface area contributed by atoms with Gasteiger partial charge in [-0.3, -0.25) is 9.48 Å². The fourth-order valence-electron chi connectivity index (χ4n) is 2.89. The highest BCUT2D eigenvalue weighted by molar-refractivity contribution is 5.85. The fraction of sp³-hybridized carbons (Fsp3) is 0.714. The van der Waals surface area contributed by atoms with Crippen LogP contribution in [0.15, 0.2) is 12.3 Å². The van der Waals surface area contributed by atoms with E-state index < -0.39 is 0 Å². The van der Waals surface area contributed by atoms with Gasteiger partial charge in [0.25, 0.3) is 0 Å². The number of carbonyl (C=O) groups excluding carboxylic acids is 1. The Labute approximate surface area is 109 Å². The maximum Gasteiger partial charge on any atom is 0.139 e. The van der Waals surface area contributed by atoms with Crippen LogP contribution < -0.4 is 5.32 Å². The Morgan fingerprint density at radius 2 is 2.22 bits per heavy atom. The van der Waals surface area contributed by atoms with Crippen LogP contribution in [-0.2, 0) is 18.3 Å². The Bertz CT molecular complexity index is 405. The van der Waals surface area contributed by atoms with Crippen molar-refractivity contribution in [2.75, 3.05) is 13.1 Å². The molecule has 2 heterocycles. The molecule has 4 heteroatoms. The molecular formula is C14H23N3O. The second-order valence-electron chi connectivity index (χ2n) is 5.25. The average Bonchev–Trinajstić information content (AvgIpc) is 2.82. The van der Waals surface area contributed by atoms with Gasteiger partial charge in [-0.05, 0) is 44.8 Å². The van der Waals surface area contributed by atoms with Crippen LogP contribution in [0.4, 0.5) is 0 Å². The minimum atomic E-state index is -0.0656. The molecule has 1 aromatic heterocycles. The molecule has 1 aromatic rings. The third-order valence-electron chi connectivity index (χ3n) is 4.36. The van der Waals surface area contributed by atoms with Gasteiger partial charge in [0, 0.05) is 30.8 Å². The molecule has 1 aliphatic rings. The first-order valence-electron chi connectivity index (χ1n) is 6.89. The number of ketones is 1. The van der Waals surface area contributed by atoms with Crippen LogP contribution in [0.3, 0.4) is 0 Å². The number of aromatic nitrogens is 2. The number of rotatable bonds is 5. The standard InChI is InChI=1S/C14H23N3O/c1-3-14(7-10-15-11-8-14)13(18)5-4-12-6-9-16-17(12)2/h6,9,15H,3-5,7-8,10-11H2,1-2H3. The quantitative estimate of drug-likeness (QED) is 0.864. The number of hydrogen-bond donors (Lipinski definition) is 1. The molecule has 0 radical (unpaired) electrons. The van der Waals surface area contributed by atoms with E-state index in [0.29, 0.717) is 12.2 Å². The molecule has 18 heavy (non-hydrogen) atoms. The summed E-state index contributed by atoms with van der Waals surface area (Å²) >= 11 is 0. The lowest BCUT2D eigenvalue weighted by atomic mass is 9.72. The first-order chi connectivity index (χ1) is 8.68. The first-order valence-corrected chi connectivity index (χ1v) is 6.89. The second-order valence-corrected chi connectivity index (χ2v) is 5.25. The van der Waals surface area contributed by atoms with E-state index in [1.165, 1.54) is 0 Å². The molecule has 0 aliphatic carbocycles. The van der Waals surface area contributed by atoms with Crippen molar-refractivity contribution in [2.45, 2.75) is 39.0 Å². The van der Waals surface area contributed by atoms with Gasteiger partial charge in [0.05, 0.1) is 0 Å². The normalized spacial score (nSPS) is 18.8. The van der Waals surface area contributed by atoms with E-state index in [4.69, 9.17) is 0 Å². The lowest BCUT2D eigenvalue weighted by Crippen LogP contribution is -2.41. The largest absolute Gasteiger partial charge is 0.317 e. The van der Waals surface area contributed by atoms with Gasteiger partial charge in [-0.2, -0.15) is 5.10 Å². The minimum Gasteiger partial charge on any atom is -0.317 e. The van der Waals surface area contributed by atoms with E-state index in [1.54, 1.807) is 6.20 Å². The van der Waals surface area contributed by atoms with E-state index in [0.717, 1.165) is 44.5 Å². The van der Waals surface area contributed by atoms with Crippen molar-refractivity contribution < 1.29 is 4.79 Å². The number of carbonyl (C=O) groups is 1. The SMILES string of the molecule is CCC1(C(=O)CCc2ccnn2C)CCNCC1. The van der Waals surface area contributed by atoms with Crippen molar-refractivity contribution in [3.05, 3.63) is 18.0 Å². The summed E-state index contributed by atoms with van der Waals surface area (Å²) < 4.78 is 1.86. The van der Waals surface area contributed by atoms with Crippen molar-refractivity contribution in [2.24, 2.45) is 12.5 Å². The van der Waals surface area contributed by atoms with Gasteiger partial charge in [-0.25, -0.2) is 0 Å². The second kappa shape index (κ2) is 5.65. The highest BCUT2D eigenvalue weighted by atomic mass is 16.1. The summed E-state index contributed by atoms with van der Waals surface area (Å²) in [7, 11) is 1.93. The monoisotopic (exact) mass is 249 g/mol. The van der Waals surface area contributed by atoms with Gasteiger partial charge in [0.2, 0.25) is 0 Å². The molecular weight excluding hydrogens is 226 g/mol. The van der Waals surface area contributed by atoms with Crippen LogP contribution in [0, 0.1) is 5.41 Å². The van der Waals surface area contributed by atoms with Crippen molar-refractivity contribution >= 4 is 5.78 Å². The molecule has 1 N–H and O–H groups in total. The van der Waals surface area contributed by atoms with Crippen LogP contribution >= 0.6 is 0 Å². The van der Waals surface area contributed by atoms with Gasteiger partial charge in [0.15, 0.2) is 0 Å². The van der Waals surface area contributed by atoms with Gasteiger partial charge in [-0.15, -0.1) is 0 Å². The Balaban J connectivity index is 1.96. The topological polar surface area (TPSA) is 46.9 Å². The van der Waals surface area contributed by atoms with Crippen molar-refractivity contribution in [3.63, 3.8) is 0 Å². The summed E-state index contributed by atoms with van der Waals surface area (Å²) in [5.41, 5.74) is 1.08. The highest BCUT2D eigenvalue weighted by Gasteiger charge is 2.36. The fourth-order valence-corrected chi connectivity index (χ4v) is 2.89. The van der Waals surface area contributed by atoms with Crippen LogP contribution in [0.5, 0.6) is 0 Å². The Kier molecular flexibility index (Phi) is 4.17. The number of piperidine rings is 1. The molecule has 0 aromatic carbocycles. The molecule has 100 valence electrons. The van der Waals surface area contributed by atoms with E-state index >= 15 is 0 Å². The number of Topliss-reactive ketones (excluding diaryl/α,β-unsaturated/α-hetero) is 1. The van der Waals surface area contributed by atoms with Gasteiger partial charge < -0.3 is 5.32 Å². The summed E-state index contributed by atoms with van der Waals surface area (Å²) in [4.78, 5) is 12.5. The van der Waals surface area contributed by atoms with E-state index in [1.807, 2.05) is 17.8 Å². The summed E-state index contributed by atoms with van der Waals surface area (Å²) in [6, 6.07) is 1.99. The lowest BCUT2D eigenvalue weighted by molar-refractivity contribution is -0.130. The molecule has 0 spiro atoms. The summed E-state index contributed by atoms with van der Waals surface area (Å²) in [5.74, 6) is 0.438. The number of aryl methyl sites for hydroxylation is 2. The molecule has 0 saturated carbocycles. The van der Waals surface area contributed by atoms with E-state index in [-0.39, 0.29) is 5.41 Å². The zero-order chi connectivity index (χ0) is 13.0. The number of nitrogens with one attached hydrogen (secondary N) is 1.